The van der Waals surface area contributed by atoms with Crippen molar-refractivity contribution < 1.29 is 24.2 Å². The lowest BCUT2D eigenvalue weighted by atomic mass is 9.95. The zero-order valence-electron chi connectivity index (χ0n) is 24.0. The van der Waals surface area contributed by atoms with Crippen LogP contribution in [0.3, 0.4) is 0 Å². The van der Waals surface area contributed by atoms with Gasteiger partial charge in [0, 0.05) is 24.0 Å². The van der Waals surface area contributed by atoms with Crippen molar-refractivity contribution in [1.29, 1.82) is 0 Å². The Labute approximate surface area is 248 Å². The maximum absolute atomic E-state index is 13.3. The van der Waals surface area contributed by atoms with Crippen LogP contribution in [0.15, 0.2) is 86.0 Å². The summed E-state index contributed by atoms with van der Waals surface area (Å²) in [6, 6.07) is 19.0. The van der Waals surface area contributed by atoms with Crippen LogP contribution >= 0.6 is 11.8 Å². The quantitative estimate of drug-likeness (QED) is 0.153. The number of esters is 1. The third-order valence-electron chi connectivity index (χ3n) is 6.52. The van der Waals surface area contributed by atoms with Gasteiger partial charge in [-0.3, -0.25) is 14.4 Å². The first-order chi connectivity index (χ1) is 19.9. The monoisotopic (exact) mass is 580 g/mol. The number of hydrogen-bond acceptors (Lipinski definition) is 6. The summed E-state index contributed by atoms with van der Waals surface area (Å²) in [4.78, 5) is 38.9. The highest BCUT2D eigenvalue weighted by Crippen LogP contribution is 2.19. The van der Waals surface area contributed by atoms with Crippen molar-refractivity contribution in [2.45, 2.75) is 56.9 Å². The molecule has 2 amide bonds. The van der Waals surface area contributed by atoms with Gasteiger partial charge in [-0.05, 0) is 43.7 Å². The van der Waals surface area contributed by atoms with Gasteiger partial charge in [0.2, 0.25) is 11.8 Å². The number of ether oxygens (including phenoxy) is 1. The van der Waals surface area contributed by atoms with Gasteiger partial charge >= 0.3 is 5.97 Å². The molecule has 0 fully saturated rings. The number of allylic oxidation sites excluding steroid dienone is 2. The summed E-state index contributed by atoms with van der Waals surface area (Å²) in [7, 11) is 0. The predicted molar refractivity (Wildman–Crippen MR) is 166 cm³/mol. The number of hydrogen-bond donors (Lipinski definition) is 3. The Hall–Kier alpha value is -3.36. The van der Waals surface area contributed by atoms with Crippen LogP contribution in [0.4, 0.5) is 0 Å². The topological polar surface area (TPSA) is 105 Å². The van der Waals surface area contributed by atoms with E-state index in [0.29, 0.717) is 31.4 Å². The normalized spacial score (nSPS) is 13.7. The van der Waals surface area contributed by atoms with E-state index in [1.54, 1.807) is 30.8 Å². The SMILES string of the molecule is C=CCCC(Cc1ccccc1)C(=O)OCC(CSCc1ccccc1)NC(=O)C(CC=C)CC(=O)NC(C)CO. The van der Waals surface area contributed by atoms with Crippen molar-refractivity contribution in [3.05, 3.63) is 97.1 Å². The third-order valence-corrected chi connectivity index (χ3v) is 7.69. The molecule has 2 aromatic carbocycles. The van der Waals surface area contributed by atoms with Gasteiger partial charge in [-0.15, -0.1) is 13.2 Å². The summed E-state index contributed by atoms with van der Waals surface area (Å²) >= 11 is 1.64. The fraction of sp³-hybridized carbons (Fsp3) is 0.424. The summed E-state index contributed by atoms with van der Waals surface area (Å²) in [6.07, 6.45) is 5.57. The van der Waals surface area contributed by atoms with Crippen LogP contribution in [0, 0.1) is 11.8 Å². The Morgan fingerprint density at radius 3 is 2.22 bits per heavy atom. The molecule has 3 N–H and O–H groups in total. The molecule has 0 radical (unpaired) electrons. The summed E-state index contributed by atoms with van der Waals surface area (Å²) < 4.78 is 5.80. The van der Waals surface area contributed by atoms with Crippen molar-refractivity contribution >= 4 is 29.5 Å². The summed E-state index contributed by atoms with van der Waals surface area (Å²) in [5, 5.41) is 14.9. The second-order valence-electron chi connectivity index (χ2n) is 10.2. The average Bonchev–Trinajstić information content (AvgIpc) is 2.98. The van der Waals surface area contributed by atoms with Crippen molar-refractivity contribution in [2.75, 3.05) is 19.0 Å². The van der Waals surface area contributed by atoms with Crippen LogP contribution in [-0.2, 0) is 31.3 Å². The van der Waals surface area contributed by atoms with Gasteiger partial charge in [-0.2, -0.15) is 11.8 Å². The minimum atomic E-state index is -0.630. The lowest BCUT2D eigenvalue weighted by molar-refractivity contribution is -0.150. The van der Waals surface area contributed by atoms with Crippen LogP contribution in [-0.4, -0.2) is 53.9 Å². The first-order valence-electron chi connectivity index (χ1n) is 14.1. The first-order valence-corrected chi connectivity index (χ1v) is 15.3. The second kappa shape index (κ2) is 19.7. The molecule has 0 saturated carbocycles. The van der Waals surface area contributed by atoms with E-state index in [9.17, 15) is 19.5 Å². The van der Waals surface area contributed by atoms with Crippen molar-refractivity contribution in [2.24, 2.45) is 11.8 Å². The molecule has 4 unspecified atom stereocenters. The molecule has 2 aromatic rings. The van der Waals surface area contributed by atoms with E-state index in [0.717, 1.165) is 16.9 Å². The average molecular weight is 581 g/mol. The van der Waals surface area contributed by atoms with Crippen LogP contribution in [0.1, 0.15) is 43.7 Å². The number of rotatable bonds is 20. The maximum Gasteiger partial charge on any atom is 0.309 e. The fourth-order valence-electron chi connectivity index (χ4n) is 4.25. The highest BCUT2D eigenvalue weighted by atomic mass is 32.2. The number of aliphatic hydroxyl groups excluding tert-OH is 1. The van der Waals surface area contributed by atoms with Gasteiger partial charge in [0.05, 0.1) is 24.5 Å². The smallest absolute Gasteiger partial charge is 0.309 e. The molecule has 222 valence electrons. The van der Waals surface area contributed by atoms with E-state index in [2.05, 4.69) is 23.8 Å². The standard InChI is InChI=1S/C33H44N2O5S/c1-4-6-18-29(19-26-14-9-7-10-15-26)33(39)40-22-30(24-41-23-27-16-11-8-12-17-27)35-32(38)28(13-5-2)20-31(37)34-25(3)21-36/h4-5,7-12,14-17,25,28-30,36H,1-2,6,13,18-24H2,3H3,(H,34,37)(H,35,38). The highest BCUT2D eigenvalue weighted by Gasteiger charge is 2.26. The zero-order chi connectivity index (χ0) is 29.9. The number of amides is 2. The van der Waals surface area contributed by atoms with E-state index >= 15 is 0 Å². The lowest BCUT2D eigenvalue weighted by Gasteiger charge is -2.23. The van der Waals surface area contributed by atoms with E-state index in [1.807, 2.05) is 60.7 Å². The largest absolute Gasteiger partial charge is 0.463 e. The van der Waals surface area contributed by atoms with Crippen LogP contribution < -0.4 is 10.6 Å². The predicted octanol–water partition coefficient (Wildman–Crippen LogP) is 4.85. The molecule has 0 aliphatic carbocycles. The van der Waals surface area contributed by atoms with Crippen molar-refractivity contribution in [1.82, 2.24) is 10.6 Å². The molecule has 4 atom stereocenters. The van der Waals surface area contributed by atoms with Gasteiger partial charge in [0.15, 0.2) is 0 Å². The molecule has 7 nitrogen and oxygen atoms in total. The fourth-order valence-corrected chi connectivity index (χ4v) is 5.26. The molecular weight excluding hydrogens is 536 g/mol. The van der Waals surface area contributed by atoms with Gasteiger partial charge in [-0.25, -0.2) is 0 Å². The molecule has 8 heteroatoms. The Morgan fingerprint density at radius 1 is 0.951 bits per heavy atom. The molecule has 41 heavy (non-hydrogen) atoms. The highest BCUT2D eigenvalue weighted by molar-refractivity contribution is 7.98. The molecule has 0 aromatic heterocycles. The molecule has 0 saturated heterocycles. The van der Waals surface area contributed by atoms with Gasteiger partial charge in [0.1, 0.15) is 6.61 Å². The Bertz CT molecular complexity index is 1080. The summed E-state index contributed by atoms with van der Waals surface area (Å²) in [6.45, 7) is 9.05. The molecule has 0 bridgehead atoms. The zero-order valence-corrected chi connectivity index (χ0v) is 24.8. The van der Waals surface area contributed by atoms with Crippen molar-refractivity contribution in [3.8, 4) is 0 Å². The summed E-state index contributed by atoms with van der Waals surface area (Å²) in [5.74, 6) is -0.606. The van der Waals surface area contributed by atoms with Crippen molar-refractivity contribution in [3.63, 3.8) is 0 Å². The molecular formula is C33H44N2O5S. The molecule has 2 rings (SSSR count). The molecule has 0 spiro atoms. The molecule has 0 aliphatic rings. The number of thioether (sulfide) groups is 1. The van der Waals surface area contributed by atoms with E-state index < -0.39 is 18.0 Å². The van der Waals surface area contributed by atoms with Gasteiger partial charge in [0.25, 0.3) is 0 Å². The van der Waals surface area contributed by atoms with E-state index in [1.165, 1.54) is 0 Å². The lowest BCUT2D eigenvalue weighted by Crippen LogP contribution is -2.45. The van der Waals surface area contributed by atoms with E-state index in [4.69, 9.17) is 4.74 Å². The minimum absolute atomic E-state index is 0.0281. The Kier molecular flexibility index (Phi) is 16.2. The Balaban J connectivity index is 2.08. The number of nitrogens with one attached hydrogen (secondary N) is 2. The maximum atomic E-state index is 13.3. The number of aliphatic hydroxyl groups is 1. The second-order valence-corrected chi connectivity index (χ2v) is 11.2. The number of carbonyl (C=O) groups excluding carboxylic acids is 3. The Morgan fingerprint density at radius 2 is 1.61 bits per heavy atom. The first kappa shape index (κ1) is 33.8. The van der Waals surface area contributed by atoms with Gasteiger partial charge in [-0.1, -0.05) is 72.8 Å². The summed E-state index contributed by atoms with van der Waals surface area (Å²) in [5.41, 5.74) is 2.22. The van der Waals surface area contributed by atoms with Gasteiger partial charge < -0.3 is 20.5 Å². The van der Waals surface area contributed by atoms with E-state index in [-0.39, 0.29) is 43.3 Å². The number of benzene rings is 2. The minimum Gasteiger partial charge on any atom is -0.463 e. The molecule has 0 heterocycles. The third kappa shape index (κ3) is 13.7. The molecule has 0 aliphatic heterocycles. The van der Waals surface area contributed by atoms with Crippen LogP contribution in [0.5, 0.6) is 0 Å². The number of carbonyl (C=O) groups is 3. The van der Waals surface area contributed by atoms with Crippen LogP contribution in [0.2, 0.25) is 0 Å². The van der Waals surface area contributed by atoms with Crippen LogP contribution in [0.25, 0.3) is 0 Å².